The zero-order chi connectivity index (χ0) is 23.4. The lowest BCUT2D eigenvalue weighted by Gasteiger charge is -2.23. The molecule has 0 radical (unpaired) electrons. The number of unbranched alkanes of at least 4 members (excludes halogenated alkanes) is 1. The molecule has 3 amide bonds. The van der Waals surface area contributed by atoms with Gasteiger partial charge in [0, 0.05) is 18.3 Å². The average Bonchev–Trinajstić information content (AvgIpc) is 3.22. The molecule has 1 aromatic rings. The maximum Gasteiger partial charge on any atom is 0.326 e. The third-order valence-corrected chi connectivity index (χ3v) is 4.40. The quantitative estimate of drug-likeness (QED) is 0.137. The number of amides is 3. The predicted octanol–water partition coefficient (Wildman–Crippen LogP) is -3.04. The van der Waals surface area contributed by atoms with Gasteiger partial charge < -0.3 is 42.6 Å². The van der Waals surface area contributed by atoms with Gasteiger partial charge in [-0.05, 0) is 26.3 Å². The number of H-pyrrole nitrogens is 1. The highest BCUT2D eigenvalue weighted by molar-refractivity contribution is 5.92. The first-order valence-corrected chi connectivity index (χ1v) is 9.86. The van der Waals surface area contributed by atoms with Crippen LogP contribution in [0.4, 0.5) is 0 Å². The van der Waals surface area contributed by atoms with Crippen LogP contribution in [0.1, 0.15) is 31.9 Å². The van der Waals surface area contributed by atoms with E-state index in [0.29, 0.717) is 25.1 Å². The number of aliphatic hydroxyl groups excluding tert-OH is 1. The van der Waals surface area contributed by atoms with Crippen LogP contribution in [0.3, 0.4) is 0 Å². The number of nitrogens with two attached hydrogens (primary N) is 2. The molecule has 0 spiro atoms. The lowest BCUT2D eigenvalue weighted by molar-refractivity contribution is -0.143. The van der Waals surface area contributed by atoms with Crippen LogP contribution >= 0.6 is 0 Å². The molecule has 0 bridgehead atoms. The van der Waals surface area contributed by atoms with Gasteiger partial charge in [0.25, 0.3) is 0 Å². The van der Waals surface area contributed by atoms with Crippen molar-refractivity contribution in [1.29, 1.82) is 0 Å². The molecule has 4 atom stereocenters. The summed E-state index contributed by atoms with van der Waals surface area (Å²) in [6.07, 6.45) is 3.21. The first-order valence-electron chi connectivity index (χ1n) is 9.86. The summed E-state index contributed by atoms with van der Waals surface area (Å²) in [5.74, 6) is -3.46. The number of aromatic nitrogens is 2. The van der Waals surface area contributed by atoms with Gasteiger partial charge in [-0.15, -0.1) is 0 Å². The fraction of sp³-hybridized carbons (Fsp3) is 0.611. The normalized spacial score (nSPS) is 14.7. The van der Waals surface area contributed by atoms with E-state index in [1.54, 1.807) is 0 Å². The summed E-state index contributed by atoms with van der Waals surface area (Å²) in [5.41, 5.74) is 11.6. The highest BCUT2D eigenvalue weighted by Crippen LogP contribution is 2.02. The second-order valence-electron chi connectivity index (χ2n) is 7.07. The number of aliphatic carboxylic acids is 1. The average molecular weight is 441 g/mol. The monoisotopic (exact) mass is 441 g/mol. The highest BCUT2D eigenvalue weighted by Gasteiger charge is 2.30. The number of aliphatic hydroxyl groups is 1. The lowest BCUT2D eigenvalue weighted by atomic mass is 10.1. The number of aromatic amines is 1. The third kappa shape index (κ3) is 9.55. The van der Waals surface area contributed by atoms with Crippen molar-refractivity contribution in [1.82, 2.24) is 25.9 Å². The van der Waals surface area contributed by atoms with Crippen LogP contribution in [0.25, 0.3) is 0 Å². The Morgan fingerprint density at radius 3 is 2.45 bits per heavy atom. The van der Waals surface area contributed by atoms with Gasteiger partial charge in [-0.25, -0.2) is 9.78 Å². The van der Waals surface area contributed by atoms with Crippen LogP contribution in [0.15, 0.2) is 12.5 Å². The highest BCUT2D eigenvalue weighted by atomic mass is 16.4. The van der Waals surface area contributed by atoms with Crippen LogP contribution in [0.5, 0.6) is 0 Å². The second-order valence-corrected chi connectivity index (χ2v) is 7.07. The van der Waals surface area contributed by atoms with Crippen molar-refractivity contribution in [3.8, 4) is 0 Å². The molecule has 0 aromatic carbocycles. The summed E-state index contributed by atoms with van der Waals surface area (Å²) >= 11 is 0. The van der Waals surface area contributed by atoms with Gasteiger partial charge in [-0.1, -0.05) is 6.42 Å². The Morgan fingerprint density at radius 2 is 1.90 bits per heavy atom. The first kappa shape index (κ1) is 26.0. The minimum Gasteiger partial charge on any atom is -0.480 e. The first-order chi connectivity index (χ1) is 14.6. The summed E-state index contributed by atoms with van der Waals surface area (Å²) in [6, 6.07) is -3.53. The topological polar surface area (TPSA) is 226 Å². The van der Waals surface area contributed by atoms with E-state index in [1.807, 2.05) is 0 Å². The van der Waals surface area contributed by atoms with E-state index in [0.717, 1.165) is 6.42 Å². The van der Waals surface area contributed by atoms with E-state index in [9.17, 15) is 29.4 Å². The molecular formula is C18H31N7O6. The van der Waals surface area contributed by atoms with E-state index >= 15 is 0 Å². The van der Waals surface area contributed by atoms with Crippen molar-refractivity contribution in [3.63, 3.8) is 0 Å². The molecule has 10 N–H and O–H groups in total. The largest absolute Gasteiger partial charge is 0.480 e. The van der Waals surface area contributed by atoms with Gasteiger partial charge in [-0.2, -0.15) is 0 Å². The summed E-state index contributed by atoms with van der Waals surface area (Å²) < 4.78 is 0. The molecule has 13 nitrogen and oxygen atoms in total. The van der Waals surface area contributed by atoms with Crippen LogP contribution in [-0.2, 0) is 25.6 Å². The molecule has 0 fully saturated rings. The van der Waals surface area contributed by atoms with Crippen molar-refractivity contribution in [3.05, 3.63) is 18.2 Å². The van der Waals surface area contributed by atoms with Gasteiger partial charge in [-0.3, -0.25) is 14.4 Å². The van der Waals surface area contributed by atoms with Gasteiger partial charge in [0.05, 0.1) is 25.0 Å². The maximum atomic E-state index is 12.5. The van der Waals surface area contributed by atoms with Gasteiger partial charge in [0.2, 0.25) is 17.7 Å². The number of rotatable bonds is 14. The van der Waals surface area contributed by atoms with Crippen molar-refractivity contribution < 1.29 is 29.4 Å². The number of nitrogens with zero attached hydrogens (tertiary/aromatic N) is 1. The molecule has 1 rings (SSSR count). The zero-order valence-electron chi connectivity index (χ0n) is 17.3. The number of hydrogen-bond acceptors (Lipinski definition) is 8. The Bertz CT molecular complexity index is 725. The zero-order valence-corrected chi connectivity index (χ0v) is 17.3. The Morgan fingerprint density at radius 1 is 1.19 bits per heavy atom. The minimum absolute atomic E-state index is 0.0698. The van der Waals surface area contributed by atoms with Crippen LogP contribution < -0.4 is 27.4 Å². The van der Waals surface area contributed by atoms with E-state index in [4.69, 9.17) is 11.5 Å². The molecule has 0 aliphatic carbocycles. The van der Waals surface area contributed by atoms with Crippen molar-refractivity contribution >= 4 is 23.7 Å². The van der Waals surface area contributed by atoms with Crippen LogP contribution in [-0.4, -0.2) is 81.2 Å². The summed E-state index contributed by atoms with van der Waals surface area (Å²) in [6.45, 7) is 1.29. The molecule has 31 heavy (non-hydrogen) atoms. The standard InChI is InChI=1S/C18H31N7O6/c1-10(26)15(17(29)24-13(18(30)31)6-11-7-21-9-23-11)25-14(27)8-22-16(28)12(20)4-2-3-5-19/h7,9-10,12-13,15,26H,2-6,8,19-20H2,1H3,(H,21,23)(H,22,28)(H,24,29)(H,25,27)(H,30,31). The number of imidazole rings is 1. The Labute approximate surface area is 179 Å². The second kappa shape index (κ2) is 13.3. The minimum atomic E-state index is -1.42. The maximum absolute atomic E-state index is 12.5. The number of carboxylic acids is 1. The van der Waals surface area contributed by atoms with Crippen molar-refractivity contribution in [2.75, 3.05) is 13.1 Å². The molecule has 0 saturated heterocycles. The number of carbonyl (C=O) groups is 4. The van der Waals surface area contributed by atoms with E-state index in [1.165, 1.54) is 19.4 Å². The number of carboxylic acid groups (broad SMARTS) is 1. The summed E-state index contributed by atoms with van der Waals surface area (Å²) in [5, 5.41) is 26.1. The summed E-state index contributed by atoms with van der Waals surface area (Å²) in [7, 11) is 0. The lowest BCUT2D eigenvalue weighted by Crippen LogP contribution is -2.57. The molecule has 0 aliphatic rings. The molecule has 1 heterocycles. The van der Waals surface area contributed by atoms with E-state index in [2.05, 4.69) is 25.9 Å². The molecule has 174 valence electrons. The number of hydrogen-bond donors (Lipinski definition) is 8. The number of nitrogens with one attached hydrogen (secondary N) is 4. The smallest absolute Gasteiger partial charge is 0.326 e. The number of carbonyl (C=O) groups excluding carboxylic acids is 3. The van der Waals surface area contributed by atoms with Crippen LogP contribution in [0.2, 0.25) is 0 Å². The Kier molecular flexibility index (Phi) is 11.2. The third-order valence-electron chi connectivity index (χ3n) is 4.40. The molecule has 1 aromatic heterocycles. The molecule has 0 aliphatic heterocycles. The van der Waals surface area contributed by atoms with E-state index in [-0.39, 0.29) is 6.42 Å². The molecular weight excluding hydrogens is 410 g/mol. The van der Waals surface area contributed by atoms with Gasteiger partial charge >= 0.3 is 5.97 Å². The fourth-order valence-electron chi connectivity index (χ4n) is 2.65. The van der Waals surface area contributed by atoms with E-state index < -0.39 is 54.5 Å². The Balaban J connectivity index is 2.59. The Hall–Kier alpha value is -3.03. The summed E-state index contributed by atoms with van der Waals surface area (Å²) in [4.78, 5) is 54.5. The van der Waals surface area contributed by atoms with Crippen molar-refractivity contribution in [2.45, 2.75) is 56.8 Å². The van der Waals surface area contributed by atoms with Gasteiger partial charge in [0.15, 0.2) is 0 Å². The molecule has 0 saturated carbocycles. The fourth-order valence-corrected chi connectivity index (χ4v) is 2.65. The van der Waals surface area contributed by atoms with Crippen LogP contribution in [0, 0.1) is 0 Å². The molecule has 4 unspecified atom stereocenters. The molecule has 13 heteroatoms. The van der Waals surface area contributed by atoms with Gasteiger partial charge in [0.1, 0.15) is 12.1 Å². The predicted molar refractivity (Wildman–Crippen MR) is 109 cm³/mol. The SMILES string of the molecule is CC(O)C(NC(=O)CNC(=O)C(N)CCCCN)C(=O)NC(Cc1cnc[nH]1)C(=O)O. The van der Waals surface area contributed by atoms with Crippen molar-refractivity contribution in [2.24, 2.45) is 11.5 Å².